The molecule has 0 fully saturated rings. The largest absolute Gasteiger partial charge is 0.483 e. The zero-order valence-electron chi connectivity index (χ0n) is 15.3. The van der Waals surface area contributed by atoms with E-state index in [1.165, 1.54) is 6.21 Å². The van der Waals surface area contributed by atoms with Gasteiger partial charge in [0.25, 0.3) is 11.8 Å². The molecule has 0 spiro atoms. The summed E-state index contributed by atoms with van der Waals surface area (Å²) in [6.45, 7) is -0.148. The molecule has 0 aliphatic carbocycles. The minimum Gasteiger partial charge on any atom is -0.483 e. The molecule has 0 aliphatic rings. The van der Waals surface area contributed by atoms with Gasteiger partial charge < -0.3 is 10.1 Å². The second-order valence-corrected chi connectivity index (χ2v) is 6.86. The lowest BCUT2D eigenvalue weighted by molar-refractivity contribution is -0.118. The Labute approximate surface area is 176 Å². The van der Waals surface area contributed by atoms with Crippen molar-refractivity contribution in [3.63, 3.8) is 0 Å². The number of hydrogen-bond acceptors (Lipinski definition) is 4. The molecule has 7 heteroatoms. The molecule has 3 aromatic rings. The third-order valence-corrected chi connectivity index (χ3v) is 4.34. The van der Waals surface area contributed by atoms with Crippen LogP contribution in [0.1, 0.15) is 15.9 Å². The van der Waals surface area contributed by atoms with Crippen LogP contribution in [0.2, 0.25) is 0 Å². The molecule has 0 radical (unpaired) electrons. The molecule has 0 bridgehead atoms. The lowest BCUT2D eigenvalue weighted by Gasteiger charge is -2.09. The molecule has 0 saturated carbocycles. The number of anilines is 1. The first-order chi connectivity index (χ1) is 14.1. The molecule has 0 saturated heterocycles. The van der Waals surface area contributed by atoms with E-state index in [0.717, 1.165) is 4.47 Å². The third-order valence-electron chi connectivity index (χ3n) is 3.81. The molecule has 0 unspecified atom stereocenters. The molecule has 2 N–H and O–H groups in total. The van der Waals surface area contributed by atoms with E-state index in [-0.39, 0.29) is 18.4 Å². The van der Waals surface area contributed by atoms with Gasteiger partial charge in [-0.05, 0) is 48.5 Å². The van der Waals surface area contributed by atoms with Crippen LogP contribution in [-0.4, -0.2) is 24.6 Å². The van der Waals surface area contributed by atoms with Gasteiger partial charge in [0.1, 0.15) is 5.75 Å². The first-order valence-corrected chi connectivity index (χ1v) is 9.57. The van der Waals surface area contributed by atoms with Gasteiger partial charge in [0, 0.05) is 21.3 Å². The molecular formula is C22H18BrN3O3. The molecular weight excluding hydrogens is 434 g/mol. The van der Waals surface area contributed by atoms with Gasteiger partial charge in [0.05, 0.1) is 6.21 Å². The zero-order valence-corrected chi connectivity index (χ0v) is 16.9. The number of ether oxygens (including phenoxy) is 1. The molecule has 0 heterocycles. The van der Waals surface area contributed by atoms with Gasteiger partial charge in [-0.15, -0.1) is 0 Å². The van der Waals surface area contributed by atoms with Crippen LogP contribution in [0.3, 0.4) is 0 Å². The monoisotopic (exact) mass is 451 g/mol. The van der Waals surface area contributed by atoms with E-state index < -0.39 is 0 Å². The van der Waals surface area contributed by atoms with Crippen molar-refractivity contribution in [2.45, 2.75) is 0 Å². The maximum absolute atomic E-state index is 12.1. The zero-order chi connectivity index (χ0) is 20.5. The summed E-state index contributed by atoms with van der Waals surface area (Å²) in [6.07, 6.45) is 1.47. The first-order valence-electron chi connectivity index (χ1n) is 8.77. The Morgan fingerprint density at radius 2 is 1.62 bits per heavy atom. The maximum atomic E-state index is 12.1. The summed E-state index contributed by atoms with van der Waals surface area (Å²) in [6, 6.07) is 23.2. The Hall–Kier alpha value is -3.45. The van der Waals surface area contributed by atoms with Gasteiger partial charge in [-0.3, -0.25) is 9.59 Å². The van der Waals surface area contributed by atoms with Crippen LogP contribution in [-0.2, 0) is 4.79 Å². The van der Waals surface area contributed by atoms with Gasteiger partial charge in [-0.2, -0.15) is 5.10 Å². The van der Waals surface area contributed by atoms with Crippen LogP contribution in [0, 0.1) is 0 Å². The number of hydrogen-bond donors (Lipinski definition) is 2. The molecule has 2 amide bonds. The number of benzene rings is 3. The van der Waals surface area contributed by atoms with Crippen molar-refractivity contribution < 1.29 is 14.3 Å². The van der Waals surface area contributed by atoms with Crippen molar-refractivity contribution in [1.82, 2.24) is 5.43 Å². The number of nitrogens with zero attached hydrogens (tertiary/aromatic N) is 1. The summed E-state index contributed by atoms with van der Waals surface area (Å²) in [5.41, 5.74) is 4.30. The fourth-order valence-electron chi connectivity index (χ4n) is 2.41. The minimum absolute atomic E-state index is 0.148. The molecule has 0 aliphatic heterocycles. The number of amides is 2. The minimum atomic E-state index is -0.325. The fraction of sp³-hybridized carbons (Fsp3) is 0.0455. The number of carbonyl (C=O) groups is 2. The van der Waals surface area contributed by atoms with E-state index in [4.69, 9.17) is 4.74 Å². The normalized spacial score (nSPS) is 10.5. The number of halogens is 1. The fourth-order valence-corrected chi connectivity index (χ4v) is 2.67. The Morgan fingerprint density at radius 1 is 0.931 bits per heavy atom. The topological polar surface area (TPSA) is 79.8 Å². The second kappa shape index (κ2) is 10.2. The molecule has 3 rings (SSSR count). The predicted molar refractivity (Wildman–Crippen MR) is 116 cm³/mol. The molecule has 0 aromatic heterocycles. The summed E-state index contributed by atoms with van der Waals surface area (Å²) in [5, 5.41) is 6.73. The lowest BCUT2D eigenvalue weighted by atomic mass is 10.2. The quantitative estimate of drug-likeness (QED) is 0.416. The highest BCUT2D eigenvalue weighted by Crippen LogP contribution is 2.16. The average molecular weight is 452 g/mol. The van der Waals surface area contributed by atoms with Crippen molar-refractivity contribution in [2.75, 3.05) is 11.9 Å². The SMILES string of the molecule is O=C(COc1ccccc1/C=N/NC(=O)c1ccc(Br)cc1)Nc1ccccc1. The number of para-hydroxylation sites is 2. The summed E-state index contributed by atoms with van der Waals surface area (Å²) in [5.74, 6) is -0.113. The van der Waals surface area contributed by atoms with Gasteiger partial charge in [-0.1, -0.05) is 46.3 Å². The standard InChI is InChI=1S/C22H18BrN3O3/c23-18-12-10-16(11-13-18)22(28)26-24-14-17-6-4-5-9-20(17)29-15-21(27)25-19-7-2-1-3-8-19/h1-14H,15H2,(H,25,27)(H,26,28)/b24-14+. The third kappa shape index (κ3) is 6.29. The number of rotatable bonds is 7. The van der Waals surface area contributed by atoms with E-state index in [9.17, 15) is 9.59 Å². The lowest BCUT2D eigenvalue weighted by Crippen LogP contribution is -2.20. The number of nitrogens with one attached hydrogen (secondary N) is 2. The first kappa shape index (κ1) is 20.3. The van der Waals surface area contributed by atoms with Gasteiger partial charge in [-0.25, -0.2) is 5.43 Å². The van der Waals surface area contributed by atoms with Gasteiger partial charge >= 0.3 is 0 Å². The van der Waals surface area contributed by atoms with Crippen LogP contribution >= 0.6 is 15.9 Å². The molecule has 3 aromatic carbocycles. The Morgan fingerprint density at radius 3 is 2.38 bits per heavy atom. The maximum Gasteiger partial charge on any atom is 0.271 e. The van der Waals surface area contributed by atoms with Crippen LogP contribution in [0.25, 0.3) is 0 Å². The van der Waals surface area contributed by atoms with E-state index in [2.05, 4.69) is 31.8 Å². The van der Waals surface area contributed by atoms with E-state index >= 15 is 0 Å². The van der Waals surface area contributed by atoms with Gasteiger partial charge in [0.15, 0.2) is 6.61 Å². The van der Waals surface area contributed by atoms with Crippen LogP contribution in [0.15, 0.2) is 88.4 Å². The summed E-state index contributed by atoms with van der Waals surface area (Å²) >= 11 is 3.33. The summed E-state index contributed by atoms with van der Waals surface area (Å²) in [4.78, 5) is 24.1. The van der Waals surface area contributed by atoms with Crippen molar-refractivity contribution >= 4 is 39.6 Å². The second-order valence-electron chi connectivity index (χ2n) is 5.95. The van der Waals surface area contributed by atoms with Crippen LogP contribution < -0.4 is 15.5 Å². The van der Waals surface area contributed by atoms with E-state index in [1.807, 2.05) is 24.3 Å². The molecule has 0 atom stereocenters. The van der Waals surface area contributed by atoms with Crippen molar-refractivity contribution in [3.05, 3.63) is 94.5 Å². The van der Waals surface area contributed by atoms with Crippen LogP contribution in [0.4, 0.5) is 5.69 Å². The Bertz CT molecular complexity index is 1010. The predicted octanol–water partition coefficient (Wildman–Crippen LogP) is 4.23. The summed E-state index contributed by atoms with van der Waals surface area (Å²) < 4.78 is 6.49. The average Bonchev–Trinajstić information content (AvgIpc) is 2.74. The molecule has 146 valence electrons. The number of carbonyl (C=O) groups excluding carboxylic acids is 2. The highest BCUT2D eigenvalue weighted by molar-refractivity contribution is 9.10. The van der Waals surface area contributed by atoms with E-state index in [0.29, 0.717) is 22.6 Å². The van der Waals surface area contributed by atoms with Gasteiger partial charge in [0.2, 0.25) is 0 Å². The number of hydrazone groups is 1. The van der Waals surface area contributed by atoms with E-state index in [1.54, 1.807) is 54.6 Å². The van der Waals surface area contributed by atoms with Crippen LogP contribution in [0.5, 0.6) is 5.75 Å². The summed E-state index contributed by atoms with van der Waals surface area (Å²) in [7, 11) is 0. The Balaban J connectivity index is 1.57. The molecule has 6 nitrogen and oxygen atoms in total. The Kier molecular flexibility index (Phi) is 7.13. The highest BCUT2D eigenvalue weighted by Gasteiger charge is 2.07. The smallest absolute Gasteiger partial charge is 0.271 e. The van der Waals surface area contributed by atoms with Crippen molar-refractivity contribution in [1.29, 1.82) is 0 Å². The molecule has 29 heavy (non-hydrogen) atoms. The highest BCUT2D eigenvalue weighted by atomic mass is 79.9. The van der Waals surface area contributed by atoms with Crippen molar-refractivity contribution in [3.8, 4) is 5.75 Å². The van der Waals surface area contributed by atoms with Crippen molar-refractivity contribution in [2.24, 2.45) is 5.10 Å².